The Labute approximate surface area is 271 Å². The number of hydrogen-bond donors (Lipinski definition) is 2. The van der Waals surface area contributed by atoms with Crippen LogP contribution in [0.15, 0.2) is 12.2 Å². The van der Waals surface area contributed by atoms with E-state index < -0.39 is 13.9 Å². The van der Waals surface area contributed by atoms with Gasteiger partial charge in [-0.05, 0) is 38.5 Å². The molecule has 0 amide bonds. The summed E-state index contributed by atoms with van der Waals surface area (Å²) in [5, 5.41) is 0. The Morgan fingerprint density at radius 1 is 0.659 bits per heavy atom. The number of phosphoric acid groups is 1. The maximum Gasteiger partial charge on any atom is 0.472 e. The standard InChI is InChI=1S/C35H70NO7P/c1-3-5-6-7-8-9-10-11-12-13-14-15-16-17-18-19-20-21-22-23-24-25-26-27-30-40-32-34(43-35(37)28-4-2)33-42-44(38,39)41-31-29-36/h13-14,34H,3-12,15-33,36H2,1-2H3,(H,38,39)/b14-13-. The molecular formula is C35H70NO7P. The quantitative estimate of drug-likeness (QED) is 0.0302. The lowest BCUT2D eigenvalue weighted by atomic mass is 10.0. The molecule has 0 aliphatic heterocycles. The lowest BCUT2D eigenvalue weighted by molar-refractivity contribution is -0.154. The van der Waals surface area contributed by atoms with Gasteiger partial charge in [-0.3, -0.25) is 13.8 Å². The Bertz CT molecular complexity index is 692. The second-order valence-electron chi connectivity index (χ2n) is 12.1. The molecule has 9 heteroatoms. The van der Waals surface area contributed by atoms with Crippen LogP contribution in [0, 0.1) is 0 Å². The van der Waals surface area contributed by atoms with Crippen LogP contribution in [-0.4, -0.2) is 49.9 Å². The van der Waals surface area contributed by atoms with Crippen LogP contribution in [0.5, 0.6) is 0 Å². The number of carbonyl (C=O) groups is 1. The average molecular weight is 648 g/mol. The van der Waals surface area contributed by atoms with E-state index in [1.807, 2.05) is 6.92 Å². The minimum absolute atomic E-state index is 0.0949. The normalized spacial score (nSPS) is 13.8. The fraction of sp³-hybridized carbons (Fsp3) is 0.914. The van der Waals surface area contributed by atoms with Crippen molar-refractivity contribution in [3.05, 3.63) is 12.2 Å². The highest BCUT2D eigenvalue weighted by Gasteiger charge is 2.25. The fourth-order valence-corrected chi connectivity index (χ4v) is 5.79. The Morgan fingerprint density at radius 2 is 1.14 bits per heavy atom. The molecule has 0 radical (unpaired) electrons. The van der Waals surface area contributed by atoms with Crippen molar-refractivity contribution < 1.29 is 32.8 Å². The zero-order valence-electron chi connectivity index (χ0n) is 28.7. The van der Waals surface area contributed by atoms with Gasteiger partial charge in [-0.2, -0.15) is 0 Å². The van der Waals surface area contributed by atoms with Gasteiger partial charge in [0.25, 0.3) is 0 Å². The number of phosphoric ester groups is 1. The zero-order chi connectivity index (χ0) is 32.4. The van der Waals surface area contributed by atoms with Gasteiger partial charge in [0.15, 0.2) is 0 Å². The summed E-state index contributed by atoms with van der Waals surface area (Å²) in [5.41, 5.74) is 5.29. The largest absolute Gasteiger partial charge is 0.472 e. The Kier molecular flexibility index (Phi) is 33.0. The van der Waals surface area contributed by atoms with E-state index in [4.69, 9.17) is 24.3 Å². The third-order valence-electron chi connectivity index (χ3n) is 7.65. The third-order valence-corrected chi connectivity index (χ3v) is 8.64. The molecule has 0 aliphatic carbocycles. The van der Waals surface area contributed by atoms with Crippen LogP contribution in [0.2, 0.25) is 0 Å². The van der Waals surface area contributed by atoms with Crippen LogP contribution in [-0.2, 0) is 27.9 Å². The van der Waals surface area contributed by atoms with Gasteiger partial charge in [0.1, 0.15) is 6.10 Å². The Balaban J connectivity index is 3.58. The molecule has 2 atom stereocenters. The van der Waals surface area contributed by atoms with E-state index in [-0.39, 0.29) is 38.8 Å². The fourth-order valence-electron chi connectivity index (χ4n) is 5.03. The molecule has 0 saturated carbocycles. The van der Waals surface area contributed by atoms with Crippen molar-refractivity contribution in [2.45, 2.75) is 174 Å². The van der Waals surface area contributed by atoms with Crippen LogP contribution in [0.4, 0.5) is 0 Å². The van der Waals surface area contributed by atoms with E-state index >= 15 is 0 Å². The van der Waals surface area contributed by atoms with Gasteiger partial charge in [-0.25, -0.2) is 4.57 Å². The topological polar surface area (TPSA) is 117 Å². The van der Waals surface area contributed by atoms with Crippen LogP contribution < -0.4 is 5.73 Å². The predicted octanol–water partition coefficient (Wildman–Crippen LogP) is 9.97. The van der Waals surface area contributed by atoms with Gasteiger partial charge in [0.05, 0.1) is 19.8 Å². The van der Waals surface area contributed by atoms with E-state index in [2.05, 4.69) is 19.1 Å². The molecule has 262 valence electrons. The minimum atomic E-state index is -4.24. The molecule has 0 spiro atoms. The maximum absolute atomic E-state index is 11.9. The van der Waals surface area contributed by atoms with Gasteiger partial charge >= 0.3 is 13.8 Å². The summed E-state index contributed by atoms with van der Waals surface area (Å²) in [4.78, 5) is 21.6. The molecule has 0 saturated heterocycles. The molecule has 0 aromatic carbocycles. The van der Waals surface area contributed by atoms with Crippen molar-refractivity contribution in [2.75, 3.05) is 33.0 Å². The van der Waals surface area contributed by atoms with E-state index in [0.717, 1.165) is 12.8 Å². The lowest BCUT2D eigenvalue weighted by Crippen LogP contribution is -2.28. The second-order valence-corrected chi connectivity index (χ2v) is 13.5. The second kappa shape index (κ2) is 33.6. The number of hydrogen-bond acceptors (Lipinski definition) is 7. The van der Waals surface area contributed by atoms with E-state index in [0.29, 0.717) is 13.0 Å². The summed E-state index contributed by atoms with van der Waals surface area (Å²) >= 11 is 0. The molecule has 0 heterocycles. The van der Waals surface area contributed by atoms with Crippen molar-refractivity contribution in [2.24, 2.45) is 5.73 Å². The monoisotopic (exact) mass is 647 g/mol. The number of nitrogens with two attached hydrogens (primary N) is 1. The molecule has 0 aliphatic rings. The molecule has 2 unspecified atom stereocenters. The van der Waals surface area contributed by atoms with Crippen LogP contribution in [0.1, 0.15) is 168 Å². The van der Waals surface area contributed by atoms with Crippen LogP contribution in [0.3, 0.4) is 0 Å². The molecule has 44 heavy (non-hydrogen) atoms. The first-order chi connectivity index (χ1) is 21.4. The summed E-state index contributed by atoms with van der Waals surface area (Å²) < 4.78 is 32.6. The summed E-state index contributed by atoms with van der Waals surface area (Å²) in [6.45, 7) is 4.56. The van der Waals surface area contributed by atoms with Crippen LogP contribution in [0.25, 0.3) is 0 Å². The Morgan fingerprint density at radius 3 is 1.61 bits per heavy atom. The van der Waals surface area contributed by atoms with Gasteiger partial charge in [0, 0.05) is 19.6 Å². The van der Waals surface area contributed by atoms with Gasteiger partial charge in [-0.15, -0.1) is 0 Å². The molecular weight excluding hydrogens is 577 g/mol. The minimum Gasteiger partial charge on any atom is -0.457 e. The van der Waals surface area contributed by atoms with Crippen molar-refractivity contribution >= 4 is 13.8 Å². The summed E-state index contributed by atoms with van der Waals surface area (Å²) in [5.74, 6) is -0.382. The van der Waals surface area contributed by atoms with Crippen LogP contribution >= 0.6 is 7.82 Å². The Hall–Kier alpha value is -0.760. The first-order valence-corrected chi connectivity index (χ1v) is 19.7. The first-order valence-electron chi connectivity index (χ1n) is 18.2. The highest BCUT2D eigenvalue weighted by atomic mass is 31.2. The third kappa shape index (κ3) is 32.6. The van der Waals surface area contributed by atoms with E-state index in [1.165, 1.54) is 128 Å². The maximum atomic E-state index is 11.9. The predicted molar refractivity (Wildman–Crippen MR) is 183 cm³/mol. The summed E-state index contributed by atoms with van der Waals surface area (Å²) in [6.07, 6.45) is 34.0. The number of ether oxygens (including phenoxy) is 2. The number of allylic oxidation sites excluding steroid dienone is 2. The van der Waals surface area contributed by atoms with Crippen molar-refractivity contribution in [3.63, 3.8) is 0 Å². The smallest absolute Gasteiger partial charge is 0.457 e. The molecule has 8 nitrogen and oxygen atoms in total. The van der Waals surface area contributed by atoms with E-state index in [1.54, 1.807) is 0 Å². The molecule has 0 aromatic rings. The molecule has 3 N–H and O–H groups in total. The summed E-state index contributed by atoms with van der Waals surface area (Å²) in [7, 11) is -4.24. The SMILES string of the molecule is CCCCCCCCCC/C=C\CCCCCCCCCCCCCCOCC(COP(=O)(O)OCCN)OC(=O)CCC. The number of rotatable bonds is 35. The van der Waals surface area contributed by atoms with Gasteiger partial charge in [0.2, 0.25) is 0 Å². The number of esters is 1. The number of unbranched alkanes of at least 4 members (excludes halogenated alkanes) is 20. The molecule has 0 aromatic heterocycles. The van der Waals surface area contributed by atoms with Crippen molar-refractivity contribution in [1.82, 2.24) is 0 Å². The lowest BCUT2D eigenvalue weighted by Gasteiger charge is -2.19. The highest BCUT2D eigenvalue weighted by Crippen LogP contribution is 2.43. The highest BCUT2D eigenvalue weighted by molar-refractivity contribution is 7.47. The van der Waals surface area contributed by atoms with Crippen molar-refractivity contribution in [1.29, 1.82) is 0 Å². The average Bonchev–Trinajstić information content (AvgIpc) is 3.00. The molecule has 0 rings (SSSR count). The summed E-state index contributed by atoms with van der Waals surface area (Å²) in [6, 6.07) is 0. The van der Waals surface area contributed by atoms with Crippen molar-refractivity contribution in [3.8, 4) is 0 Å². The van der Waals surface area contributed by atoms with Gasteiger partial charge in [-0.1, -0.05) is 135 Å². The molecule has 0 fully saturated rings. The first kappa shape index (κ1) is 43.2. The van der Waals surface area contributed by atoms with Gasteiger partial charge < -0.3 is 20.1 Å². The molecule has 0 bridgehead atoms. The van der Waals surface area contributed by atoms with E-state index in [9.17, 15) is 14.3 Å². The number of carbonyl (C=O) groups excluding carboxylic acids is 1. The zero-order valence-corrected chi connectivity index (χ0v) is 29.6.